The molecule has 2 aromatic carbocycles. The van der Waals surface area contributed by atoms with E-state index >= 15 is 0 Å². The van der Waals surface area contributed by atoms with Gasteiger partial charge < -0.3 is 10.0 Å². The third-order valence-corrected chi connectivity index (χ3v) is 3.26. The summed E-state index contributed by atoms with van der Waals surface area (Å²) >= 11 is 5.88. The van der Waals surface area contributed by atoms with E-state index in [-0.39, 0.29) is 6.42 Å². The van der Waals surface area contributed by atoms with Crippen LogP contribution in [-0.2, 0) is 11.3 Å². The molecule has 4 heteroatoms. The van der Waals surface area contributed by atoms with E-state index < -0.39 is 5.97 Å². The van der Waals surface area contributed by atoms with E-state index in [9.17, 15) is 4.79 Å². The minimum absolute atomic E-state index is 0.114. The van der Waals surface area contributed by atoms with Crippen LogP contribution in [0.5, 0.6) is 0 Å². The SMILES string of the molecule is O=C(O)CCN(Cc1ccc(Cl)cc1)c1ccccc1. The smallest absolute Gasteiger partial charge is 0.305 e. The highest BCUT2D eigenvalue weighted by Gasteiger charge is 2.09. The number of aliphatic carboxylic acids is 1. The van der Waals surface area contributed by atoms with Gasteiger partial charge in [-0.1, -0.05) is 41.9 Å². The molecule has 104 valence electrons. The van der Waals surface area contributed by atoms with Gasteiger partial charge in [0.05, 0.1) is 6.42 Å². The lowest BCUT2D eigenvalue weighted by Gasteiger charge is -2.24. The topological polar surface area (TPSA) is 40.5 Å². The summed E-state index contributed by atoms with van der Waals surface area (Å²) in [6.07, 6.45) is 0.114. The Bertz CT molecular complexity index is 554. The Labute approximate surface area is 123 Å². The Morgan fingerprint density at radius 3 is 2.30 bits per heavy atom. The fourth-order valence-corrected chi connectivity index (χ4v) is 2.11. The lowest BCUT2D eigenvalue weighted by atomic mass is 10.2. The summed E-state index contributed by atoms with van der Waals surface area (Å²) in [6, 6.07) is 17.4. The molecule has 1 N–H and O–H groups in total. The summed E-state index contributed by atoms with van der Waals surface area (Å²) in [5.41, 5.74) is 2.12. The quantitative estimate of drug-likeness (QED) is 0.879. The number of carbonyl (C=O) groups is 1. The van der Waals surface area contributed by atoms with Gasteiger partial charge in [-0.3, -0.25) is 4.79 Å². The van der Waals surface area contributed by atoms with E-state index in [1.54, 1.807) is 0 Å². The van der Waals surface area contributed by atoms with Crippen molar-refractivity contribution in [2.45, 2.75) is 13.0 Å². The number of para-hydroxylation sites is 1. The number of anilines is 1. The predicted molar refractivity (Wildman–Crippen MR) is 81.2 cm³/mol. The normalized spacial score (nSPS) is 10.2. The van der Waals surface area contributed by atoms with Crippen molar-refractivity contribution in [2.24, 2.45) is 0 Å². The molecule has 0 atom stereocenters. The Kier molecular flexibility index (Phi) is 5.02. The van der Waals surface area contributed by atoms with Crippen molar-refractivity contribution in [1.82, 2.24) is 0 Å². The standard InChI is InChI=1S/C16H16ClNO2/c17-14-8-6-13(7-9-14)12-18(11-10-16(19)20)15-4-2-1-3-5-15/h1-9H,10-12H2,(H,19,20). The maximum Gasteiger partial charge on any atom is 0.305 e. The van der Waals surface area contributed by atoms with E-state index in [2.05, 4.69) is 4.90 Å². The van der Waals surface area contributed by atoms with Crippen molar-refractivity contribution in [3.05, 3.63) is 65.2 Å². The molecule has 0 aliphatic rings. The van der Waals surface area contributed by atoms with Gasteiger partial charge in [-0.2, -0.15) is 0 Å². The minimum atomic E-state index is -0.790. The Morgan fingerprint density at radius 2 is 1.70 bits per heavy atom. The molecule has 0 heterocycles. The monoisotopic (exact) mass is 289 g/mol. The van der Waals surface area contributed by atoms with E-state index in [0.29, 0.717) is 18.1 Å². The third kappa shape index (κ3) is 4.28. The largest absolute Gasteiger partial charge is 0.481 e. The first-order valence-electron chi connectivity index (χ1n) is 6.41. The molecule has 2 rings (SSSR count). The van der Waals surface area contributed by atoms with Crippen LogP contribution in [0.2, 0.25) is 5.02 Å². The van der Waals surface area contributed by atoms with E-state index in [0.717, 1.165) is 11.3 Å². The molecule has 0 amide bonds. The molecule has 0 unspecified atom stereocenters. The Hall–Kier alpha value is -2.00. The highest BCUT2D eigenvalue weighted by molar-refractivity contribution is 6.30. The van der Waals surface area contributed by atoms with Crippen LogP contribution in [0.1, 0.15) is 12.0 Å². The molecule has 0 radical (unpaired) electrons. The summed E-state index contributed by atoms with van der Waals surface area (Å²) in [7, 11) is 0. The highest BCUT2D eigenvalue weighted by atomic mass is 35.5. The fourth-order valence-electron chi connectivity index (χ4n) is 1.98. The number of rotatable bonds is 6. The van der Waals surface area contributed by atoms with Gasteiger partial charge in [0.1, 0.15) is 0 Å². The maximum absolute atomic E-state index is 10.8. The molecule has 0 saturated carbocycles. The molecule has 0 bridgehead atoms. The van der Waals surface area contributed by atoms with Crippen LogP contribution in [0, 0.1) is 0 Å². The summed E-state index contributed by atoms with van der Waals surface area (Å²) in [5, 5.41) is 9.57. The van der Waals surface area contributed by atoms with Crippen LogP contribution in [0.4, 0.5) is 5.69 Å². The number of nitrogens with zero attached hydrogens (tertiary/aromatic N) is 1. The summed E-state index contributed by atoms with van der Waals surface area (Å²) in [6.45, 7) is 1.14. The first-order valence-corrected chi connectivity index (χ1v) is 6.79. The van der Waals surface area contributed by atoms with Gasteiger partial charge in [0.15, 0.2) is 0 Å². The lowest BCUT2D eigenvalue weighted by molar-refractivity contribution is -0.136. The average molecular weight is 290 g/mol. The summed E-state index contributed by atoms with van der Waals surface area (Å²) < 4.78 is 0. The number of hydrogen-bond donors (Lipinski definition) is 1. The van der Waals surface area contributed by atoms with Crippen molar-refractivity contribution in [3.63, 3.8) is 0 Å². The van der Waals surface area contributed by atoms with Gasteiger partial charge in [0.2, 0.25) is 0 Å². The van der Waals surface area contributed by atoms with Crippen LogP contribution in [0.25, 0.3) is 0 Å². The molecule has 0 aliphatic carbocycles. The highest BCUT2D eigenvalue weighted by Crippen LogP contribution is 2.18. The predicted octanol–water partition coefficient (Wildman–Crippen LogP) is 3.82. The van der Waals surface area contributed by atoms with Crippen LogP contribution in [0.15, 0.2) is 54.6 Å². The fraction of sp³-hybridized carbons (Fsp3) is 0.188. The number of benzene rings is 2. The molecular formula is C16H16ClNO2. The van der Waals surface area contributed by atoms with Gasteiger partial charge in [-0.25, -0.2) is 0 Å². The minimum Gasteiger partial charge on any atom is -0.481 e. The van der Waals surface area contributed by atoms with Gasteiger partial charge >= 0.3 is 5.97 Å². The van der Waals surface area contributed by atoms with Gasteiger partial charge in [-0.15, -0.1) is 0 Å². The number of carboxylic acid groups (broad SMARTS) is 1. The Morgan fingerprint density at radius 1 is 1.05 bits per heavy atom. The molecule has 3 nitrogen and oxygen atoms in total. The van der Waals surface area contributed by atoms with Crippen LogP contribution >= 0.6 is 11.6 Å². The summed E-state index contributed by atoms with van der Waals surface area (Å²) in [4.78, 5) is 12.8. The van der Waals surface area contributed by atoms with Crippen molar-refractivity contribution < 1.29 is 9.90 Å². The van der Waals surface area contributed by atoms with E-state index in [1.165, 1.54) is 0 Å². The average Bonchev–Trinajstić information content (AvgIpc) is 2.46. The first kappa shape index (κ1) is 14.4. The van der Waals surface area contributed by atoms with E-state index in [1.807, 2.05) is 54.6 Å². The molecule has 20 heavy (non-hydrogen) atoms. The third-order valence-electron chi connectivity index (χ3n) is 3.00. The maximum atomic E-state index is 10.8. The molecular weight excluding hydrogens is 274 g/mol. The lowest BCUT2D eigenvalue weighted by Crippen LogP contribution is -2.25. The molecule has 0 fully saturated rings. The second-order valence-corrected chi connectivity index (χ2v) is 4.96. The van der Waals surface area contributed by atoms with Crippen molar-refractivity contribution in [3.8, 4) is 0 Å². The Balaban J connectivity index is 2.13. The zero-order valence-corrected chi connectivity index (χ0v) is 11.8. The van der Waals surface area contributed by atoms with Gasteiger partial charge in [0.25, 0.3) is 0 Å². The zero-order valence-electron chi connectivity index (χ0n) is 11.0. The molecule has 2 aromatic rings. The van der Waals surface area contributed by atoms with Gasteiger partial charge in [0, 0.05) is 23.8 Å². The molecule has 0 saturated heterocycles. The van der Waals surface area contributed by atoms with Gasteiger partial charge in [-0.05, 0) is 29.8 Å². The van der Waals surface area contributed by atoms with Crippen LogP contribution < -0.4 is 4.90 Å². The van der Waals surface area contributed by atoms with Crippen molar-refractivity contribution in [1.29, 1.82) is 0 Å². The number of hydrogen-bond acceptors (Lipinski definition) is 2. The number of halogens is 1. The van der Waals surface area contributed by atoms with E-state index in [4.69, 9.17) is 16.7 Å². The molecule has 0 spiro atoms. The molecule has 0 aliphatic heterocycles. The second kappa shape index (κ2) is 6.96. The molecule has 0 aromatic heterocycles. The summed E-state index contributed by atoms with van der Waals surface area (Å²) in [5.74, 6) is -0.790. The van der Waals surface area contributed by atoms with Crippen molar-refractivity contribution in [2.75, 3.05) is 11.4 Å². The van der Waals surface area contributed by atoms with Crippen molar-refractivity contribution >= 4 is 23.3 Å². The van der Waals surface area contributed by atoms with Crippen LogP contribution in [0.3, 0.4) is 0 Å². The zero-order chi connectivity index (χ0) is 14.4. The van der Waals surface area contributed by atoms with Crippen LogP contribution in [-0.4, -0.2) is 17.6 Å². The first-order chi connectivity index (χ1) is 9.65. The number of carboxylic acids is 1. The second-order valence-electron chi connectivity index (χ2n) is 4.53.